The van der Waals surface area contributed by atoms with Crippen molar-refractivity contribution in [2.24, 2.45) is 22.7 Å². The fraction of sp³-hybridized carbons (Fsp3) is 0.867. The van der Waals surface area contributed by atoms with E-state index in [0.29, 0.717) is 10.8 Å². The molecule has 0 N–H and O–H groups in total. The molecule has 0 aromatic heterocycles. The summed E-state index contributed by atoms with van der Waals surface area (Å²) in [5.41, 5.74) is 4.90. The molecule has 15 heavy (non-hydrogen) atoms. The minimum atomic E-state index is 0.517. The molecule has 0 bridgehead atoms. The van der Waals surface area contributed by atoms with Gasteiger partial charge in [-0.2, -0.15) is 0 Å². The second-order valence-corrected chi connectivity index (χ2v) is 7.17. The minimum Gasteiger partial charge on any atom is -0.0645 e. The molecule has 0 heteroatoms. The first-order valence-corrected chi connectivity index (χ1v) is 6.68. The van der Waals surface area contributed by atoms with E-state index < -0.39 is 0 Å². The van der Waals surface area contributed by atoms with E-state index in [0.717, 1.165) is 11.8 Å². The van der Waals surface area contributed by atoms with Gasteiger partial charge in [-0.1, -0.05) is 38.8 Å². The molecule has 0 aromatic carbocycles. The summed E-state index contributed by atoms with van der Waals surface area (Å²) in [4.78, 5) is 0. The van der Waals surface area contributed by atoms with Crippen molar-refractivity contribution in [1.29, 1.82) is 0 Å². The molecule has 1 fully saturated rings. The van der Waals surface area contributed by atoms with Gasteiger partial charge in [0.25, 0.3) is 0 Å². The fourth-order valence-electron chi connectivity index (χ4n) is 5.03. The lowest BCUT2D eigenvalue weighted by Gasteiger charge is -2.32. The van der Waals surface area contributed by atoms with Gasteiger partial charge < -0.3 is 0 Å². The molecule has 84 valence electrons. The summed E-state index contributed by atoms with van der Waals surface area (Å²) >= 11 is 0. The topological polar surface area (TPSA) is 0 Å². The van der Waals surface area contributed by atoms with Crippen LogP contribution in [0.4, 0.5) is 0 Å². The van der Waals surface area contributed by atoms with Gasteiger partial charge >= 0.3 is 0 Å². The minimum absolute atomic E-state index is 0.517. The normalized spacial score (nSPS) is 47.2. The zero-order valence-corrected chi connectivity index (χ0v) is 10.7. The van der Waals surface area contributed by atoms with Gasteiger partial charge in [-0.25, -0.2) is 0 Å². The van der Waals surface area contributed by atoms with Gasteiger partial charge in [0.05, 0.1) is 0 Å². The molecule has 0 radical (unpaired) electrons. The van der Waals surface area contributed by atoms with Crippen LogP contribution in [0.15, 0.2) is 11.1 Å². The molecule has 0 spiro atoms. The average molecular weight is 204 g/mol. The number of hydrogen-bond donors (Lipinski definition) is 0. The fourth-order valence-corrected chi connectivity index (χ4v) is 5.03. The van der Waals surface area contributed by atoms with Gasteiger partial charge in [0.1, 0.15) is 0 Å². The highest BCUT2D eigenvalue weighted by Gasteiger charge is 2.54. The summed E-state index contributed by atoms with van der Waals surface area (Å²) in [6.07, 6.45) is 7.21. The van der Waals surface area contributed by atoms with Crippen molar-refractivity contribution in [3.8, 4) is 0 Å². The molecule has 0 nitrogen and oxygen atoms in total. The largest absolute Gasteiger partial charge is 0.0645 e. The zero-order valence-electron chi connectivity index (χ0n) is 10.7. The standard InChI is InChI=1S/C15H24/c1-10-5-6-12-13-11(10)7-8-15(13,4)9-14(12,2)3/h10-11H,5-9H2,1-4H3/t10-,11?,15+/m0/s1. The Bertz CT molecular complexity index is 334. The third-order valence-electron chi connectivity index (χ3n) is 5.54. The van der Waals surface area contributed by atoms with E-state index in [9.17, 15) is 0 Å². The van der Waals surface area contributed by atoms with Crippen molar-refractivity contribution in [3.05, 3.63) is 11.1 Å². The number of hydrogen-bond acceptors (Lipinski definition) is 0. The molecule has 1 saturated carbocycles. The van der Waals surface area contributed by atoms with Crippen molar-refractivity contribution >= 4 is 0 Å². The van der Waals surface area contributed by atoms with Crippen LogP contribution in [-0.4, -0.2) is 0 Å². The monoisotopic (exact) mass is 204 g/mol. The van der Waals surface area contributed by atoms with Crippen LogP contribution in [0.5, 0.6) is 0 Å². The molecular weight excluding hydrogens is 180 g/mol. The first-order valence-electron chi connectivity index (χ1n) is 6.68. The van der Waals surface area contributed by atoms with E-state index >= 15 is 0 Å². The van der Waals surface area contributed by atoms with Crippen LogP contribution in [0.25, 0.3) is 0 Å². The highest BCUT2D eigenvalue weighted by Crippen LogP contribution is 2.66. The molecule has 3 atom stereocenters. The molecule has 3 rings (SSSR count). The summed E-state index contributed by atoms with van der Waals surface area (Å²) in [5, 5.41) is 0. The average Bonchev–Trinajstić information content (AvgIpc) is 2.53. The third-order valence-corrected chi connectivity index (χ3v) is 5.54. The van der Waals surface area contributed by atoms with Crippen LogP contribution in [-0.2, 0) is 0 Å². The first kappa shape index (κ1) is 9.93. The lowest BCUT2D eigenvalue weighted by atomic mass is 9.73. The molecule has 3 aliphatic carbocycles. The Hall–Kier alpha value is -0.260. The predicted molar refractivity (Wildman–Crippen MR) is 64.7 cm³/mol. The van der Waals surface area contributed by atoms with Crippen LogP contribution < -0.4 is 0 Å². The van der Waals surface area contributed by atoms with E-state index in [2.05, 4.69) is 27.7 Å². The Morgan fingerprint density at radius 1 is 1.13 bits per heavy atom. The quantitative estimate of drug-likeness (QED) is 0.507. The van der Waals surface area contributed by atoms with E-state index in [4.69, 9.17) is 0 Å². The van der Waals surface area contributed by atoms with Gasteiger partial charge in [0.15, 0.2) is 0 Å². The van der Waals surface area contributed by atoms with Crippen LogP contribution in [0.3, 0.4) is 0 Å². The SMILES string of the molecule is C[C@H]1CCC2=C3C1CC[C@]3(C)CC2(C)C. The molecule has 0 saturated heterocycles. The Balaban J connectivity index is 2.14. The molecular formula is C15H24. The molecule has 3 aliphatic rings. The molecule has 1 unspecified atom stereocenters. The predicted octanol–water partition coefficient (Wildman–Crippen LogP) is 4.56. The van der Waals surface area contributed by atoms with Crippen molar-refractivity contribution in [1.82, 2.24) is 0 Å². The second-order valence-electron chi connectivity index (χ2n) is 7.17. The maximum absolute atomic E-state index is 2.54. The zero-order chi connectivity index (χ0) is 10.8. The molecule has 0 amide bonds. The maximum atomic E-state index is 2.54. The lowest BCUT2D eigenvalue weighted by Crippen LogP contribution is -2.20. The van der Waals surface area contributed by atoms with Crippen molar-refractivity contribution < 1.29 is 0 Å². The Kier molecular flexibility index (Phi) is 1.79. The summed E-state index contributed by atoms with van der Waals surface area (Å²) in [6.45, 7) is 9.97. The summed E-state index contributed by atoms with van der Waals surface area (Å²) in [6, 6.07) is 0. The molecule has 0 aromatic rings. The molecule has 0 aliphatic heterocycles. The maximum Gasteiger partial charge on any atom is -0.0102 e. The van der Waals surface area contributed by atoms with E-state index in [1.54, 1.807) is 0 Å². The van der Waals surface area contributed by atoms with Crippen LogP contribution in [0.1, 0.15) is 59.8 Å². The lowest BCUT2D eigenvalue weighted by molar-refractivity contribution is 0.284. The van der Waals surface area contributed by atoms with Crippen molar-refractivity contribution in [3.63, 3.8) is 0 Å². The summed E-state index contributed by atoms with van der Waals surface area (Å²) < 4.78 is 0. The van der Waals surface area contributed by atoms with Crippen LogP contribution in [0, 0.1) is 22.7 Å². The molecule has 0 heterocycles. The van der Waals surface area contributed by atoms with Crippen LogP contribution >= 0.6 is 0 Å². The third kappa shape index (κ3) is 1.14. The second kappa shape index (κ2) is 2.70. The highest BCUT2D eigenvalue weighted by molar-refractivity contribution is 5.40. The number of allylic oxidation sites excluding steroid dienone is 2. The smallest absolute Gasteiger partial charge is 0.0102 e. The van der Waals surface area contributed by atoms with Crippen LogP contribution in [0.2, 0.25) is 0 Å². The van der Waals surface area contributed by atoms with Gasteiger partial charge in [-0.15, -0.1) is 0 Å². The summed E-state index contributed by atoms with van der Waals surface area (Å²) in [5.74, 6) is 1.92. The number of rotatable bonds is 0. The van der Waals surface area contributed by atoms with Gasteiger partial charge in [-0.05, 0) is 54.8 Å². The Morgan fingerprint density at radius 2 is 1.87 bits per heavy atom. The van der Waals surface area contributed by atoms with E-state index in [1.165, 1.54) is 32.1 Å². The van der Waals surface area contributed by atoms with Crippen molar-refractivity contribution in [2.45, 2.75) is 59.8 Å². The van der Waals surface area contributed by atoms with Crippen molar-refractivity contribution in [2.75, 3.05) is 0 Å². The Labute approximate surface area is 94.1 Å². The summed E-state index contributed by atoms with van der Waals surface area (Å²) in [7, 11) is 0. The van der Waals surface area contributed by atoms with E-state index in [-0.39, 0.29) is 0 Å². The van der Waals surface area contributed by atoms with Gasteiger partial charge in [-0.3, -0.25) is 0 Å². The van der Waals surface area contributed by atoms with Gasteiger partial charge in [0, 0.05) is 0 Å². The Morgan fingerprint density at radius 3 is 2.60 bits per heavy atom. The van der Waals surface area contributed by atoms with Gasteiger partial charge in [0.2, 0.25) is 0 Å². The van der Waals surface area contributed by atoms with E-state index in [1.807, 2.05) is 11.1 Å². The highest BCUT2D eigenvalue weighted by atomic mass is 14.6. The first-order chi connectivity index (χ1) is 6.94.